The highest BCUT2D eigenvalue weighted by Crippen LogP contribution is 2.34. The molecule has 34 heavy (non-hydrogen) atoms. The molecule has 9 heteroatoms. The summed E-state index contributed by atoms with van der Waals surface area (Å²) in [5.74, 6) is 0.363. The maximum atomic E-state index is 13.8. The van der Waals surface area contributed by atoms with Gasteiger partial charge in [0.05, 0.1) is 16.6 Å². The predicted octanol–water partition coefficient (Wildman–Crippen LogP) is 4.52. The highest BCUT2D eigenvalue weighted by atomic mass is 32.2. The number of carbonyl (C=O) groups is 1. The number of rotatable bonds is 7. The number of para-hydroxylation sites is 1. The van der Waals surface area contributed by atoms with E-state index < -0.39 is 15.8 Å². The van der Waals surface area contributed by atoms with Crippen LogP contribution in [0, 0.1) is 11.7 Å². The van der Waals surface area contributed by atoms with E-state index in [1.54, 1.807) is 0 Å². The molecule has 3 aromatic rings. The van der Waals surface area contributed by atoms with Crippen LogP contribution in [0.2, 0.25) is 0 Å². The Kier molecular flexibility index (Phi) is 6.74. The molecule has 0 saturated carbocycles. The molecule has 0 saturated heterocycles. The summed E-state index contributed by atoms with van der Waals surface area (Å²) in [6, 6.07) is 16.3. The lowest BCUT2D eigenvalue weighted by Crippen LogP contribution is -2.32. The van der Waals surface area contributed by atoms with Crippen LogP contribution in [-0.4, -0.2) is 27.5 Å². The van der Waals surface area contributed by atoms with Gasteiger partial charge in [-0.15, -0.1) is 0 Å². The van der Waals surface area contributed by atoms with Gasteiger partial charge in [-0.25, -0.2) is 12.8 Å². The second-order valence-electron chi connectivity index (χ2n) is 8.21. The van der Waals surface area contributed by atoms with E-state index in [-0.39, 0.29) is 28.4 Å². The second-order valence-corrected chi connectivity index (χ2v) is 9.89. The van der Waals surface area contributed by atoms with Crippen LogP contribution >= 0.6 is 0 Å². The zero-order valence-electron chi connectivity index (χ0n) is 18.7. The van der Waals surface area contributed by atoms with E-state index in [0.717, 1.165) is 11.6 Å². The first-order valence-corrected chi connectivity index (χ1v) is 12.3. The number of anilines is 1. The van der Waals surface area contributed by atoms with Crippen molar-refractivity contribution in [2.24, 2.45) is 5.92 Å². The number of fused-ring (bicyclic) bond motifs is 1. The van der Waals surface area contributed by atoms with Gasteiger partial charge < -0.3 is 14.8 Å². The van der Waals surface area contributed by atoms with Crippen LogP contribution in [0.25, 0.3) is 0 Å². The number of hydrogen-bond acceptors (Lipinski definition) is 5. The zero-order valence-corrected chi connectivity index (χ0v) is 19.6. The van der Waals surface area contributed by atoms with E-state index in [4.69, 9.17) is 9.47 Å². The fourth-order valence-corrected chi connectivity index (χ4v) is 4.71. The molecular formula is C25H25FN2O5S. The van der Waals surface area contributed by atoms with Crippen LogP contribution in [0.5, 0.6) is 11.5 Å². The number of ether oxygens (including phenoxy) is 2. The third kappa shape index (κ3) is 5.14. The van der Waals surface area contributed by atoms with Crippen LogP contribution in [-0.2, 0) is 10.0 Å². The van der Waals surface area contributed by atoms with Crippen molar-refractivity contribution in [2.45, 2.75) is 24.8 Å². The first-order chi connectivity index (χ1) is 16.2. The molecule has 4 rings (SSSR count). The van der Waals surface area contributed by atoms with Gasteiger partial charge in [-0.05, 0) is 60.0 Å². The molecule has 178 valence electrons. The molecule has 0 aliphatic carbocycles. The van der Waals surface area contributed by atoms with Crippen molar-refractivity contribution in [3.8, 4) is 11.5 Å². The Balaban J connectivity index is 1.50. The minimum absolute atomic E-state index is 0.0797. The smallest absolute Gasteiger partial charge is 0.261 e. The summed E-state index contributed by atoms with van der Waals surface area (Å²) >= 11 is 0. The lowest BCUT2D eigenvalue weighted by Gasteiger charge is -2.25. The average Bonchev–Trinajstić information content (AvgIpc) is 2.83. The average molecular weight is 485 g/mol. The summed E-state index contributed by atoms with van der Waals surface area (Å²) in [5, 5.41) is 3.01. The van der Waals surface area contributed by atoms with Gasteiger partial charge in [0.1, 0.15) is 19.0 Å². The topological polar surface area (TPSA) is 93.7 Å². The molecule has 1 aliphatic rings. The van der Waals surface area contributed by atoms with E-state index >= 15 is 0 Å². The monoisotopic (exact) mass is 484 g/mol. The van der Waals surface area contributed by atoms with Crippen molar-refractivity contribution in [2.75, 3.05) is 17.9 Å². The van der Waals surface area contributed by atoms with Gasteiger partial charge in [-0.2, -0.15) is 0 Å². The summed E-state index contributed by atoms with van der Waals surface area (Å²) in [6.07, 6.45) is 0. The Morgan fingerprint density at radius 3 is 2.29 bits per heavy atom. The van der Waals surface area contributed by atoms with Crippen molar-refractivity contribution in [1.29, 1.82) is 0 Å². The lowest BCUT2D eigenvalue weighted by atomic mass is 9.95. The van der Waals surface area contributed by atoms with Gasteiger partial charge >= 0.3 is 0 Å². The van der Waals surface area contributed by atoms with Crippen LogP contribution in [0.15, 0.2) is 71.6 Å². The van der Waals surface area contributed by atoms with Gasteiger partial charge in [0.15, 0.2) is 11.5 Å². The van der Waals surface area contributed by atoms with Crippen molar-refractivity contribution in [3.05, 3.63) is 83.7 Å². The van der Waals surface area contributed by atoms with Crippen molar-refractivity contribution in [1.82, 2.24) is 5.32 Å². The second kappa shape index (κ2) is 9.72. The molecule has 2 N–H and O–H groups in total. The summed E-state index contributed by atoms with van der Waals surface area (Å²) in [5.41, 5.74) is 1.03. The maximum absolute atomic E-state index is 13.8. The molecule has 1 amide bonds. The molecule has 0 fully saturated rings. The molecule has 3 aromatic carbocycles. The van der Waals surface area contributed by atoms with Crippen molar-refractivity contribution in [3.63, 3.8) is 0 Å². The number of benzene rings is 3. The molecule has 7 nitrogen and oxygen atoms in total. The van der Waals surface area contributed by atoms with Crippen molar-refractivity contribution >= 4 is 21.6 Å². The highest BCUT2D eigenvalue weighted by Gasteiger charge is 2.23. The van der Waals surface area contributed by atoms with Gasteiger partial charge in [-0.1, -0.05) is 32.0 Å². The summed E-state index contributed by atoms with van der Waals surface area (Å²) in [6.45, 7) is 4.95. The normalized spacial score (nSPS) is 13.9. The molecule has 1 heterocycles. The third-order valence-corrected chi connectivity index (χ3v) is 6.81. The quantitative estimate of drug-likeness (QED) is 0.514. The summed E-state index contributed by atoms with van der Waals surface area (Å²) < 4.78 is 52.5. The minimum Gasteiger partial charge on any atom is -0.486 e. The van der Waals surface area contributed by atoms with Crippen molar-refractivity contribution < 1.29 is 27.1 Å². The number of hydrogen-bond donors (Lipinski definition) is 2. The van der Waals surface area contributed by atoms with E-state index in [1.165, 1.54) is 42.5 Å². The lowest BCUT2D eigenvalue weighted by molar-refractivity contribution is 0.0925. The highest BCUT2D eigenvalue weighted by molar-refractivity contribution is 7.92. The fraction of sp³-hybridized carbons (Fsp3) is 0.240. The van der Waals surface area contributed by atoms with Crippen LogP contribution in [0.4, 0.5) is 10.1 Å². The standard InChI is InChI=1S/C25H25FN2O5S/c1-16(2)24(18-9-12-22-23(15-18)33-14-13-32-22)27-25(29)17-7-10-19(11-8-17)34(30,31)28-21-6-4-3-5-20(21)26/h3-12,15-16,24,28H,13-14H2,1-2H3,(H,27,29)/t24-/m0/s1. The number of amides is 1. The molecule has 0 aromatic heterocycles. The van der Waals surface area contributed by atoms with E-state index in [1.807, 2.05) is 32.0 Å². The first-order valence-electron chi connectivity index (χ1n) is 10.8. The van der Waals surface area contributed by atoms with Crippen LogP contribution in [0.3, 0.4) is 0 Å². The minimum atomic E-state index is -4.01. The number of nitrogens with one attached hydrogen (secondary N) is 2. The molecule has 1 atom stereocenters. The largest absolute Gasteiger partial charge is 0.486 e. The number of sulfonamides is 1. The molecule has 0 unspecified atom stereocenters. The fourth-order valence-electron chi connectivity index (χ4n) is 3.65. The van der Waals surface area contributed by atoms with E-state index in [0.29, 0.717) is 30.3 Å². The van der Waals surface area contributed by atoms with Gasteiger partial charge in [0.25, 0.3) is 15.9 Å². The van der Waals surface area contributed by atoms with Gasteiger partial charge in [0, 0.05) is 5.56 Å². The van der Waals surface area contributed by atoms with E-state index in [9.17, 15) is 17.6 Å². The zero-order chi connectivity index (χ0) is 24.3. The SMILES string of the molecule is CC(C)[C@H](NC(=O)c1ccc(S(=O)(=O)Nc2ccccc2F)cc1)c1ccc2c(c1)OCCO2. The summed E-state index contributed by atoms with van der Waals surface area (Å²) in [4.78, 5) is 12.9. The predicted molar refractivity (Wildman–Crippen MR) is 126 cm³/mol. The molecular weight excluding hydrogens is 459 g/mol. The Morgan fingerprint density at radius 2 is 1.62 bits per heavy atom. The first kappa shape index (κ1) is 23.6. The van der Waals surface area contributed by atoms with E-state index in [2.05, 4.69) is 10.0 Å². The Labute approximate surface area is 198 Å². The van der Waals surface area contributed by atoms with Crippen LogP contribution in [0.1, 0.15) is 35.8 Å². The van der Waals surface area contributed by atoms with Gasteiger partial charge in [-0.3, -0.25) is 9.52 Å². The van der Waals surface area contributed by atoms with Gasteiger partial charge in [0.2, 0.25) is 0 Å². The molecule has 0 radical (unpaired) electrons. The third-order valence-electron chi connectivity index (χ3n) is 5.42. The number of halogens is 1. The van der Waals surface area contributed by atoms with Crippen LogP contribution < -0.4 is 19.5 Å². The summed E-state index contributed by atoms with van der Waals surface area (Å²) in [7, 11) is -4.01. The molecule has 1 aliphatic heterocycles. The Bertz CT molecular complexity index is 1290. The molecule has 0 spiro atoms. The Morgan fingerprint density at radius 1 is 0.941 bits per heavy atom. The molecule has 0 bridgehead atoms. The number of carbonyl (C=O) groups excluding carboxylic acids is 1. The maximum Gasteiger partial charge on any atom is 0.261 e. The Hall–Kier alpha value is -3.59.